The summed E-state index contributed by atoms with van der Waals surface area (Å²) in [5.74, 6) is -2.39. The third-order valence-corrected chi connectivity index (χ3v) is 3.18. The van der Waals surface area contributed by atoms with Crippen LogP contribution < -0.4 is 10.6 Å². The SMILES string of the molecule is O=C(NCC1=CCNCC1)c1cccc(C(F)(F)F)c1F. The van der Waals surface area contributed by atoms with Crippen molar-refractivity contribution in [2.24, 2.45) is 0 Å². The molecule has 7 heteroatoms. The van der Waals surface area contributed by atoms with E-state index in [2.05, 4.69) is 10.6 Å². The first-order valence-corrected chi connectivity index (χ1v) is 6.42. The van der Waals surface area contributed by atoms with Crippen molar-refractivity contribution in [3.63, 3.8) is 0 Å². The van der Waals surface area contributed by atoms with Gasteiger partial charge >= 0.3 is 6.18 Å². The third-order valence-electron chi connectivity index (χ3n) is 3.18. The maximum atomic E-state index is 13.8. The van der Waals surface area contributed by atoms with Gasteiger partial charge < -0.3 is 10.6 Å². The van der Waals surface area contributed by atoms with E-state index in [9.17, 15) is 22.4 Å². The normalized spacial score (nSPS) is 15.5. The first-order valence-electron chi connectivity index (χ1n) is 6.42. The number of alkyl halides is 3. The molecule has 2 N–H and O–H groups in total. The second kappa shape index (κ2) is 6.26. The molecule has 1 aliphatic rings. The van der Waals surface area contributed by atoms with Crippen LogP contribution in [-0.4, -0.2) is 25.5 Å². The van der Waals surface area contributed by atoms with Crippen LogP contribution in [0.25, 0.3) is 0 Å². The molecule has 0 fully saturated rings. The number of carbonyl (C=O) groups is 1. The van der Waals surface area contributed by atoms with E-state index in [0.717, 1.165) is 30.7 Å². The van der Waals surface area contributed by atoms with E-state index in [1.807, 2.05) is 6.08 Å². The van der Waals surface area contributed by atoms with E-state index in [1.165, 1.54) is 0 Å². The van der Waals surface area contributed by atoms with Gasteiger partial charge in [-0.15, -0.1) is 0 Å². The average Bonchev–Trinajstić information content (AvgIpc) is 2.45. The van der Waals surface area contributed by atoms with E-state index in [4.69, 9.17) is 0 Å². The van der Waals surface area contributed by atoms with Crippen LogP contribution in [0.4, 0.5) is 17.6 Å². The second-order valence-corrected chi connectivity index (χ2v) is 4.66. The van der Waals surface area contributed by atoms with Gasteiger partial charge in [0.25, 0.3) is 5.91 Å². The fraction of sp³-hybridized carbons (Fsp3) is 0.357. The van der Waals surface area contributed by atoms with Gasteiger partial charge in [-0.2, -0.15) is 13.2 Å². The molecule has 2 rings (SSSR count). The van der Waals surface area contributed by atoms with Crippen molar-refractivity contribution in [3.05, 3.63) is 46.8 Å². The van der Waals surface area contributed by atoms with Crippen molar-refractivity contribution < 1.29 is 22.4 Å². The van der Waals surface area contributed by atoms with Gasteiger partial charge in [0.1, 0.15) is 5.82 Å². The van der Waals surface area contributed by atoms with Crippen molar-refractivity contribution >= 4 is 5.91 Å². The topological polar surface area (TPSA) is 41.1 Å². The van der Waals surface area contributed by atoms with Crippen LogP contribution in [0.15, 0.2) is 29.8 Å². The van der Waals surface area contributed by atoms with Gasteiger partial charge in [0, 0.05) is 13.1 Å². The lowest BCUT2D eigenvalue weighted by atomic mass is 10.1. The van der Waals surface area contributed by atoms with E-state index < -0.39 is 29.0 Å². The Balaban J connectivity index is 2.11. The lowest BCUT2D eigenvalue weighted by Crippen LogP contribution is -2.30. The molecule has 1 aromatic carbocycles. The highest BCUT2D eigenvalue weighted by Crippen LogP contribution is 2.32. The molecule has 0 spiro atoms. The Morgan fingerprint density at radius 2 is 2.10 bits per heavy atom. The first kappa shape index (κ1) is 15.5. The van der Waals surface area contributed by atoms with Crippen LogP contribution in [0, 0.1) is 5.82 Å². The Labute approximate surface area is 119 Å². The Morgan fingerprint density at radius 1 is 1.33 bits per heavy atom. The Morgan fingerprint density at radius 3 is 2.71 bits per heavy atom. The summed E-state index contributed by atoms with van der Waals surface area (Å²) in [5.41, 5.74) is -1.06. The van der Waals surface area contributed by atoms with Crippen LogP contribution in [-0.2, 0) is 6.18 Å². The third kappa shape index (κ3) is 3.81. The van der Waals surface area contributed by atoms with E-state index in [-0.39, 0.29) is 6.54 Å². The van der Waals surface area contributed by atoms with Gasteiger partial charge in [-0.3, -0.25) is 4.79 Å². The Hall–Kier alpha value is -1.89. The monoisotopic (exact) mass is 302 g/mol. The lowest BCUT2D eigenvalue weighted by Gasteiger charge is -2.15. The van der Waals surface area contributed by atoms with Crippen molar-refractivity contribution in [2.75, 3.05) is 19.6 Å². The lowest BCUT2D eigenvalue weighted by molar-refractivity contribution is -0.140. The molecule has 0 atom stereocenters. The summed E-state index contributed by atoms with van der Waals surface area (Å²) in [7, 11) is 0. The number of hydrogen-bond acceptors (Lipinski definition) is 2. The smallest absolute Gasteiger partial charge is 0.348 e. The van der Waals surface area contributed by atoms with Gasteiger partial charge in [0.2, 0.25) is 0 Å². The molecule has 0 radical (unpaired) electrons. The number of benzene rings is 1. The standard InChI is InChI=1S/C14H14F4N2O/c15-12-10(2-1-3-11(12)14(16,17)18)13(21)20-8-9-4-6-19-7-5-9/h1-4,19H,5-8H2,(H,20,21). The van der Waals surface area contributed by atoms with Gasteiger partial charge in [-0.1, -0.05) is 17.7 Å². The molecule has 0 unspecified atom stereocenters. The van der Waals surface area contributed by atoms with Crippen molar-refractivity contribution in [1.29, 1.82) is 0 Å². The van der Waals surface area contributed by atoms with Crippen molar-refractivity contribution in [3.8, 4) is 0 Å². The Bertz CT molecular complexity index is 567. The number of halogens is 4. The van der Waals surface area contributed by atoms with Crippen LogP contribution in [0.5, 0.6) is 0 Å². The van der Waals surface area contributed by atoms with Gasteiger partial charge in [0.15, 0.2) is 0 Å². The summed E-state index contributed by atoms with van der Waals surface area (Å²) in [6.45, 7) is 1.67. The van der Waals surface area contributed by atoms with Crippen LogP contribution in [0.2, 0.25) is 0 Å². The summed E-state index contributed by atoms with van der Waals surface area (Å²) >= 11 is 0. The number of hydrogen-bond donors (Lipinski definition) is 2. The number of carbonyl (C=O) groups excluding carboxylic acids is 1. The van der Waals surface area contributed by atoms with Gasteiger partial charge in [-0.25, -0.2) is 4.39 Å². The summed E-state index contributed by atoms with van der Waals surface area (Å²) in [4.78, 5) is 11.8. The summed E-state index contributed by atoms with van der Waals surface area (Å²) in [6.07, 6.45) is -2.18. The van der Waals surface area contributed by atoms with Crippen LogP contribution >= 0.6 is 0 Å². The molecule has 0 saturated carbocycles. The molecule has 21 heavy (non-hydrogen) atoms. The maximum Gasteiger partial charge on any atom is 0.419 e. The van der Waals surface area contributed by atoms with E-state index in [1.54, 1.807) is 0 Å². The first-order chi connectivity index (χ1) is 9.89. The van der Waals surface area contributed by atoms with E-state index >= 15 is 0 Å². The predicted octanol–water partition coefficient (Wildman–Crippen LogP) is 2.49. The molecule has 0 saturated heterocycles. The fourth-order valence-electron chi connectivity index (χ4n) is 2.05. The molecule has 1 heterocycles. The summed E-state index contributed by atoms with van der Waals surface area (Å²) < 4.78 is 51.5. The number of rotatable bonds is 3. The fourth-order valence-corrected chi connectivity index (χ4v) is 2.05. The van der Waals surface area contributed by atoms with Crippen LogP contribution in [0.3, 0.4) is 0 Å². The molecule has 3 nitrogen and oxygen atoms in total. The minimum Gasteiger partial charge on any atom is -0.348 e. The highest BCUT2D eigenvalue weighted by Gasteiger charge is 2.35. The highest BCUT2D eigenvalue weighted by atomic mass is 19.4. The number of amides is 1. The molecule has 0 aliphatic carbocycles. The zero-order valence-electron chi connectivity index (χ0n) is 11.1. The highest BCUT2D eigenvalue weighted by molar-refractivity contribution is 5.94. The second-order valence-electron chi connectivity index (χ2n) is 4.66. The van der Waals surface area contributed by atoms with Crippen LogP contribution in [0.1, 0.15) is 22.3 Å². The van der Waals surface area contributed by atoms with E-state index in [0.29, 0.717) is 12.6 Å². The molecular weight excluding hydrogens is 288 g/mol. The van der Waals surface area contributed by atoms with Gasteiger partial charge in [0.05, 0.1) is 11.1 Å². The predicted molar refractivity (Wildman–Crippen MR) is 69.3 cm³/mol. The van der Waals surface area contributed by atoms with Crippen molar-refractivity contribution in [1.82, 2.24) is 10.6 Å². The minimum absolute atomic E-state index is 0.205. The largest absolute Gasteiger partial charge is 0.419 e. The molecule has 1 amide bonds. The molecule has 1 aliphatic heterocycles. The zero-order chi connectivity index (χ0) is 15.5. The molecular formula is C14H14F4N2O. The molecule has 114 valence electrons. The molecule has 1 aromatic rings. The Kier molecular flexibility index (Phi) is 4.62. The average molecular weight is 302 g/mol. The van der Waals surface area contributed by atoms with Gasteiger partial charge in [-0.05, 0) is 25.1 Å². The minimum atomic E-state index is -4.82. The molecule has 0 bridgehead atoms. The van der Waals surface area contributed by atoms with Crippen molar-refractivity contribution in [2.45, 2.75) is 12.6 Å². The molecule has 0 aromatic heterocycles. The zero-order valence-corrected chi connectivity index (χ0v) is 11.1. The summed E-state index contributed by atoms with van der Waals surface area (Å²) in [5, 5.41) is 5.54. The summed E-state index contributed by atoms with van der Waals surface area (Å²) in [6, 6.07) is 2.67. The number of nitrogens with one attached hydrogen (secondary N) is 2. The quantitative estimate of drug-likeness (QED) is 0.665. The maximum absolute atomic E-state index is 13.8.